The molecule has 0 saturated carbocycles. The Hall–Kier alpha value is -0.300. The maximum absolute atomic E-state index is 4.04. The average Bonchev–Trinajstić information content (AvgIpc) is 2.36. The summed E-state index contributed by atoms with van der Waals surface area (Å²) in [5.41, 5.74) is 2.58. The van der Waals surface area contributed by atoms with Crippen molar-refractivity contribution < 1.29 is 0 Å². The van der Waals surface area contributed by atoms with E-state index in [1.807, 2.05) is 0 Å². The fourth-order valence-electron chi connectivity index (χ4n) is 0.666. The molecular formula is C5H2IN3S. The summed E-state index contributed by atoms with van der Waals surface area (Å²) in [6, 6.07) is 0. The molecular weight excluding hydrogens is 261 g/mol. The molecule has 2 aromatic heterocycles. The molecule has 2 heterocycles. The second kappa shape index (κ2) is 2.39. The van der Waals surface area contributed by atoms with Gasteiger partial charge in [-0.05, 0) is 22.6 Å². The first-order chi connectivity index (χ1) is 4.88. The van der Waals surface area contributed by atoms with Crippen LogP contribution in [0.25, 0.3) is 10.3 Å². The maximum atomic E-state index is 4.04. The minimum Gasteiger partial charge on any atom is -0.229 e. The largest absolute Gasteiger partial charge is 0.229 e. The van der Waals surface area contributed by atoms with E-state index in [-0.39, 0.29) is 0 Å². The SMILES string of the molecule is Ic1ncnc2ncsc12. The third-order valence-corrected chi connectivity index (χ3v) is 3.09. The maximum Gasteiger partial charge on any atom is 0.174 e. The Morgan fingerprint density at radius 2 is 2.20 bits per heavy atom. The summed E-state index contributed by atoms with van der Waals surface area (Å²) in [4.78, 5) is 12.1. The highest BCUT2D eigenvalue weighted by Crippen LogP contribution is 2.18. The normalized spacial score (nSPS) is 10.5. The van der Waals surface area contributed by atoms with E-state index in [1.54, 1.807) is 16.8 Å². The van der Waals surface area contributed by atoms with Gasteiger partial charge in [0.05, 0.1) is 5.51 Å². The van der Waals surface area contributed by atoms with E-state index in [4.69, 9.17) is 0 Å². The molecule has 10 heavy (non-hydrogen) atoms. The van der Waals surface area contributed by atoms with Crippen LogP contribution in [-0.2, 0) is 0 Å². The van der Waals surface area contributed by atoms with Crippen LogP contribution in [0.1, 0.15) is 0 Å². The number of aromatic nitrogens is 3. The minimum atomic E-state index is 0.796. The monoisotopic (exact) mass is 263 g/mol. The summed E-state index contributed by atoms with van der Waals surface area (Å²) >= 11 is 3.74. The molecule has 0 bridgehead atoms. The molecule has 0 N–H and O–H groups in total. The third-order valence-electron chi connectivity index (χ3n) is 1.09. The van der Waals surface area contributed by atoms with Gasteiger partial charge in [-0.3, -0.25) is 0 Å². The highest BCUT2D eigenvalue weighted by molar-refractivity contribution is 14.1. The first-order valence-corrected chi connectivity index (χ1v) is 4.53. The van der Waals surface area contributed by atoms with Crippen molar-refractivity contribution in [3.05, 3.63) is 15.5 Å². The molecule has 0 saturated heterocycles. The Bertz CT molecular complexity index is 358. The fourth-order valence-corrected chi connectivity index (χ4v) is 2.03. The minimum absolute atomic E-state index is 0.796. The highest BCUT2D eigenvalue weighted by Gasteiger charge is 2.00. The highest BCUT2D eigenvalue weighted by atomic mass is 127. The number of fused-ring (bicyclic) bond motifs is 1. The van der Waals surface area contributed by atoms with Gasteiger partial charge in [0.15, 0.2) is 5.65 Å². The van der Waals surface area contributed by atoms with E-state index in [1.165, 1.54) is 6.33 Å². The number of hydrogen-bond donors (Lipinski definition) is 0. The van der Waals surface area contributed by atoms with Crippen LogP contribution in [0.2, 0.25) is 0 Å². The van der Waals surface area contributed by atoms with Crippen molar-refractivity contribution >= 4 is 44.3 Å². The second-order valence-corrected chi connectivity index (χ2v) is 3.55. The molecule has 0 fully saturated rings. The molecule has 0 atom stereocenters. The summed E-state index contributed by atoms with van der Waals surface area (Å²) in [7, 11) is 0. The molecule has 0 aliphatic heterocycles. The molecule has 0 unspecified atom stereocenters. The van der Waals surface area contributed by atoms with Gasteiger partial charge in [-0.25, -0.2) is 15.0 Å². The predicted octanol–water partition coefficient (Wildman–Crippen LogP) is 1.69. The molecule has 5 heteroatoms. The van der Waals surface area contributed by atoms with Crippen LogP contribution in [0.3, 0.4) is 0 Å². The molecule has 2 aromatic rings. The molecule has 50 valence electrons. The van der Waals surface area contributed by atoms with Crippen LogP contribution >= 0.6 is 33.9 Å². The van der Waals surface area contributed by atoms with Crippen LogP contribution in [0.5, 0.6) is 0 Å². The lowest BCUT2D eigenvalue weighted by molar-refractivity contribution is 1.17. The lowest BCUT2D eigenvalue weighted by Gasteiger charge is -1.86. The van der Waals surface area contributed by atoms with Crippen molar-refractivity contribution in [3.8, 4) is 0 Å². The number of rotatable bonds is 0. The van der Waals surface area contributed by atoms with Crippen LogP contribution < -0.4 is 0 Å². The Labute approximate surface area is 74.7 Å². The van der Waals surface area contributed by atoms with Crippen LogP contribution in [0, 0.1) is 3.70 Å². The van der Waals surface area contributed by atoms with Gasteiger partial charge in [0, 0.05) is 0 Å². The van der Waals surface area contributed by atoms with Gasteiger partial charge in [0.25, 0.3) is 0 Å². The smallest absolute Gasteiger partial charge is 0.174 e. The summed E-state index contributed by atoms with van der Waals surface area (Å²) in [6.45, 7) is 0. The Morgan fingerprint density at radius 3 is 3.00 bits per heavy atom. The number of thiazole rings is 1. The lowest BCUT2D eigenvalue weighted by atomic mass is 10.6. The Balaban J connectivity index is 2.95. The van der Waals surface area contributed by atoms with E-state index in [2.05, 4.69) is 37.5 Å². The molecule has 0 aliphatic rings. The predicted molar refractivity (Wildman–Crippen MR) is 47.9 cm³/mol. The lowest BCUT2D eigenvalue weighted by Crippen LogP contribution is -1.82. The van der Waals surface area contributed by atoms with Crippen molar-refractivity contribution in [2.75, 3.05) is 0 Å². The van der Waals surface area contributed by atoms with E-state index >= 15 is 0 Å². The number of hydrogen-bond acceptors (Lipinski definition) is 4. The van der Waals surface area contributed by atoms with Crippen molar-refractivity contribution in [3.63, 3.8) is 0 Å². The van der Waals surface area contributed by atoms with Gasteiger partial charge in [-0.2, -0.15) is 0 Å². The van der Waals surface area contributed by atoms with Crippen molar-refractivity contribution in [2.24, 2.45) is 0 Å². The van der Waals surface area contributed by atoms with Crippen molar-refractivity contribution in [1.82, 2.24) is 15.0 Å². The third kappa shape index (κ3) is 0.891. The standard InChI is InChI=1S/C5H2IN3S/c6-4-3-5(8-1-7-4)9-2-10-3/h1-2H. The molecule has 0 amide bonds. The van der Waals surface area contributed by atoms with Crippen LogP contribution in [0.4, 0.5) is 0 Å². The quantitative estimate of drug-likeness (QED) is 0.536. The van der Waals surface area contributed by atoms with Crippen LogP contribution in [0.15, 0.2) is 11.8 Å². The summed E-state index contributed by atoms with van der Waals surface area (Å²) in [6.07, 6.45) is 1.53. The van der Waals surface area contributed by atoms with Gasteiger partial charge in [0.2, 0.25) is 0 Å². The first-order valence-electron chi connectivity index (χ1n) is 2.57. The molecule has 0 spiro atoms. The number of halogens is 1. The van der Waals surface area contributed by atoms with Gasteiger partial charge < -0.3 is 0 Å². The van der Waals surface area contributed by atoms with Crippen LogP contribution in [-0.4, -0.2) is 15.0 Å². The summed E-state index contributed by atoms with van der Waals surface area (Å²) < 4.78 is 2.05. The van der Waals surface area contributed by atoms with Crippen molar-refractivity contribution in [1.29, 1.82) is 0 Å². The molecule has 2 rings (SSSR count). The second-order valence-electron chi connectivity index (χ2n) is 1.67. The molecule has 0 aromatic carbocycles. The fraction of sp³-hybridized carbons (Fsp3) is 0. The Morgan fingerprint density at radius 1 is 1.30 bits per heavy atom. The topological polar surface area (TPSA) is 38.7 Å². The zero-order chi connectivity index (χ0) is 6.97. The zero-order valence-corrected chi connectivity index (χ0v) is 7.76. The van der Waals surface area contributed by atoms with E-state index in [9.17, 15) is 0 Å². The summed E-state index contributed by atoms with van der Waals surface area (Å²) in [5, 5.41) is 0. The van der Waals surface area contributed by atoms with Gasteiger partial charge >= 0.3 is 0 Å². The molecule has 0 aliphatic carbocycles. The van der Waals surface area contributed by atoms with E-state index in [0.29, 0.717) is 0 Å². The summed E-state index contributed by atoms with van der Waals surface area (Å²) in [5.74, 6) is 0. The molecule has 3 nitrogen and oxygen atoms in total. The Kier molecular flexibility index (Phi) is 1.53. The van der Waals surface area contributed by atoms with Gasteiger partial charge in [-0.1, -0.05) is 0 Å². The van der Waals surface area contributed by atoms with Crippen molar-refractivity contribution in [2.45, 2.75) is 0 Å². The van der Waals surface area contributed by atoms with E-state index in [0.717, 1.165) is 14.0 Å². The average molecular weight is 263 g/mol. The number of nitrogens with zero attached hydrogens (tertiary/aromatic N) is 3. The van der Waals surface area contributed by atoms with E-state index < -0.39 is 0 Å². The van der Waals surface area contributed by atoms with Gasteiger partial charge in [-0.15, -0.1) is 11.3 Å². The van der Waals surface area contributed by atoms with Gasteiger partial charge in [0.1, 0.15) is 14.7 Å². The zero-order valence-electron chi connectivity index (χ0n) is 4.78. The molecule has 0 radical (unpaired) electrons. The first kappa shape index (κ1) is 6.41.